The average molecular weight is 465 g/mol. The Morgan fingerprint density at radius 3 is 1.00 bits per heavy atom. The lowest BCUT2D eigenvalue weighted by Crippen LogP contribution is -1.82. The highest BCUT2D eigenvalue weighted by molar-refractivity contribution is 5.73. The van der Waals surface area contributed by atoms with Gasteiger partial charge in [-0.15, -0.1) is 0 Å². The van der Waals surface area contributed by atoms with Crippen molar-refractivity contribution < 1.29 is 0 Å². The quantitative estimate of drug-likeness (QED) is 0.269. The van der Waals surface area contributed by atoms with Gasteiger partial charge in [0.2, 0.25) is 0 Å². The molecular weight excluding hydrogens is 440 g/mol. The van der Waals surface area contributed by atoms with Crippen LogP contribution in [0.25, 0.3) is 44.5 Å². The molecule has 0 aliphatic heterocycles. The molecule has 6 aromatic rings. The second-order valence-electron chi connectivity index (χ2n) is 8.12. The number of nitrogens with zero attached hydrogens (tertiary/aromatic N) is 4. The van der Waals surface area contributed by atoms with Gasteiger partial charge in [-0.3, -0.25) is 19.9 Å². The molecule has 4 heterocycles. The van der Waals surface area contributed by atoms with Crippen molar-refractivity contribution in [2.75, 3.05) is 0 Å². The van der Waals surface area contributed by atoms with Crippen LogP contribution in [-0.4, -0.2) is 19.9 Å². The minimum atomic E-state index is 1.13. The molecule has 0 aliphatic carbocycles. The van der Waals surface area contributed by atoms with E-state index in [-0.39, 0.29) is 0 Å². The van der Waals surface area contributed by atoms with E-state index in [1.807, 2.05) is 73.6 Å². The number of rotatable bonds is 4. The predicted octanol–water partition coefficient (Wildman–Crippen LogP) is 7.62. The molecule has 0 saturated carbocycles. The maximum absolute atomic E-state index is 4.15. The van der Waals surface area contributed by atoms with Crippen molar-refractivity contribution in [1.82, 2.24) is 19.9 Å². The Bertz CT molecular complexity index is 1280. The zero-order valence-electron chi connectivity index (χ0n) is 19.6. The van der Waals surface area contributed by atoms with Crippen LogP contribution >= 0.6 is 0 Å². The van der Waals surface area contributed by atoms with Crippen molar-refractivity contribution in [2.24, 2.45) is 0 Å². The Morgan fingerprint density at radius 2 is 0.639 bits per heavy atom. The Labute approximate surface area is 211 Å². The molecule has 0 fully saturated rings. The summed E-state index contributed by atoms with van der Waals surface area (Å²) in [7, 11) is 0. The molecule has 6 rings (SSSR count). The van der Waals surface area contributed by atoms with Crippen molar-refractivity contribution in [3.8, 4) is 44.5 Å². The summed E-state index contributed by atoms with van der Waals surface area (Å²) in [5.41, 5.74) is 9.36. The van der Waals surface area contributed by atoms with Crippen molar-refractivity contribution in [3.63, 3.8) is 0 Å². The molecule has 0 unspecified atom stereocenters. The van der Waals surface area contributed by atoms with Crippen LogP contribution in [-0.2, 0) is 0 Å². The second kappa shape index (κ2) is 11.4. The lowest BCUT2D eigenvalue weighted by Gasteiger charge is -2.05. The largest absolute Gasteiger partial charge is 0.265 e. The maximum atomic E-state index is 4.15. The van der Waals surface area contributed by atoms with Gasteiger partial charge in [0, 0.05) is 60.7 Å². The minimum absolute atomic E-state index is 1.13. The van der Waals surface area contributed by atoms with Gasteiger partial charge in [0.25, 0.3) is 0 Å². The van der Waals surface area contributed by atoms with Crippen LogP contribution in [0.2, 0.25) is 0 Å². The monoisotopic (exact) mass is 464 g/mol. The van der Waals surface area contributed by atoms with Crippen LogP contribution in [0, 0.1) is 0 Å². The topological polar surface area (TPSA) is 51.6 Å². The van der Waals surface area contributed by atoms with E-state index in [0.717, 1.165) is 11.1 Å². The molecular formula is C32H24N4. The number of hydrogen-bond acceptors (Lipinski definition) is 4. The Balaban J connectivity index is 0.000000148. The summed E-state index contributed by atoms with van der Waals surface area (Å²) in [6, 6.07) is 33.0. The normalized spacial score (nSPS) is 10.2. The first-order valence-corrected chi connectivity index (χ1v) is 11.7. The molecule has 0 N–H and O–H groups in total. The smallest absolute Gasteiger partial charge is 0.0346 e. The van der Waals surface area contributed by atoms with E-state index in [1.165, 1.54) is 33.4 Å². The highest BCUT2D eigenvalue weighted by atomic mass is 14.6. The summed E-state index contributed by atoms with van der Waals surface area (Å²) >= 11 is 0. The molecule has 36 heavy (non-hydrogen) atoms. The molecule has 0 amide bonds. The molecule has 4 heteroatoms. The average Bonchev–Trinajstić information content (AvgIpc) is 2.99. The van der Waals surface area contributed by atoms with E-state index >= 15 is 0 Å². The minimum Gasteiger partial charge on any atom is -0.265 e. The summed E-state index contributed by atoms with van der Waals surface area (Å²) in [6.07, 6.45) is 14.6. The molecule has 0 bridgehead atoms. The van der Waals surface area contributed by atoms with Crippen LogP contribution in [0.5, 0.6) is 0 Å². The zero-order chi connectivity index (χ0) is 24.4. The van der Waals surface area contributed by atoms with Gasteiger partial charge >= 0.3 is 0 Å². The van der Waals surface area contributed by atoms with Crippen molar-refractivity contribution >= 4 is 0 Å². The first kappa shape index (κ1) is 22.8. The van der Waals surface area contributed by atoms with Crippen LogP contribution < -0.4 is 0 Å². The second-order valence-corrected chi connectivity index (χ2v) is 8.12. The van der Waals surface area contributed by atoms with E-state index in [2.05, 4.69) is 80.6 Å². The van der Waals surface area contributed by atoms with Gasteiger partial charge in [-0.25, -0.2) is 0 Å². The van der Waals surface area contributed by atoms with E-state index in [1.54, 1.807) is 12.4 Å². The molecule has 0 spiro atoms. The highest BCUT2D eigenvalue weighted by Crippen LogP contribution is 2.26. The maximum Gasteiger partial charge on any atom is 0.0346 e. The SMILES string of the molecule is c1cc(-c2ccncc2)cc(-c2ccncc2)c1.c1cncc(-c2cccc(-c3cccnc3)c2)c1. The number of hydrogen-bond donors (Lipinski definition) is 0. The van der Waals surface area contributed by atoms with Gasteiger partial charge in [0.1, 0.15) is 0 Å². The van der Waals surface area contributed by atoms with Crippen molar-refractivity contribution in [2.45, 2.75) is 0 Å². The summed E-state index contributed by atoms with van der Waals surface area (Å²) in [4.78, 5) is 16.4. The summed E-state index contributed by atoms with van der Waals surface area (Å²) in [6.45, 7) is 0. The van der Waals surface area contributed by atoms with Crippen LogP contribution in [0.3, 0.4) is 0 Å². The van der Waals surface area contributed by atoms with Gasteiger partial charge in [-0.05, 0) is 81.9 Å². The van der Waals surface area contributed by atoms with Gasteiger partial charge in [0.15, 0.2) is 0 Å². The third kappa shape index (κ3) is 5.75. The van der Waals surface area contributed by atoms with Crippen LogP contribution in [0.1, 0.15) is 0 Å². The molecule has 0 atom stereocenters. The molecule has 172 valence electrons. The fraction of sp³-hybridized carbons (Fsp3) is 0. The van der Waals surface area contributed by atoms with Crippen LogP contribution in [0.4, 0.5) is 0 Å². The molecule has 4 aromatic heterocycles. The summed E-state index contributed by atoms with van der Waals surface area (Å²) < 4.78 is 0. The van der Waals surface area contributed by atoms with Gasteiger partial charge in [0.05, 0.1) is 0 Å². The van der Waals surface area contributed by atoms with Crippen molar-refractivity contribution in [1.29, 1.82) is 0 Å². The van der Waals surface area contributed by atoms with Gasteiger partial charge in [-0.2, -0.15) is 0 Å². The molecule has 4 nitrogen and oxygen atoms in total. The van der Waals surface area contributed by atoms with E-state index in [4.69, 9.17) is 0 Å². The standard InChI is InChI=1S/2C16H12N2/c1-4-13(15-6-2-8-17-11-15)10-14(5-1)16-7-3-9-18-12-16;1-2-15(13-4-8-17-9-5-13)12-16(3-1)14-6-10-18-11-7-14/h2*1-12H. The molecule has 0 aliphatic rings. The number of pyridine rings is 4. The van der Waals surface area contributed by atoms with Crippen LogP contribution in [0.15, 0.2) is 147 Å². The third-order valence-electron chi connectivity index (χ3n) is 5.74. The van der Waals surface area contributed by atoms with E-state index in [9.17, 15) is 0 Å². The Morgan fingerprint density at radius 1 is 0.278 bits per heavy atom. The first-order valence-electron chi connectivity index (χ1n) is 11.7. The lowest BCUT2D eigenvalue weighted by atomic mass is 10.0. The molecule has 0 radical (unpaired) electrons. The van der Waals surface area contributed by atoms with Crippen molar-refractivity contribution in [3.05, 3.63) is 147 Å². The summed E-state index contributed by atoms with van der Waals surface area (Å²) in [5, 5.41) is 0. The first-order chi connectivity index (χ1) is 17.9. The molecule has 0 saturated heterocycles. The Hall–Kier alpha value is -4.96. The Kier molecular flexibility index (Phi) is 7.26. The predicted molar refractivity (Wildman–Crippen MR) is 146 cm³/mol. The fourth-order valence-corrected chi connectivity index (χ4v) is 3.91. The molecule has 2 aromatic carbocycles. The lowest BCUT2D eigenvalue weighted by molar-refractivity contribution is 1.32. The van der Waals surface area contributed by atoms with E-state index < -0.39 is 0 Å². The van der Waals surface area contributed by atoms with Gasteiger partial charge in [-0.1, -0.05) is 48.5 Å². The van der Waals surface area contributed by atoms with Gasteiger partial charge < -0.3 is 0 Å². The third-order valence-corrected chi connectivity index (χ3v) is 5.74. The highest BCUT2D eigenvalue weighted by Gasteiger charge is 2.02. The fourth-order valence-electron chi connectivity index (χ4n) is 3.91. The van der Waals surface area contributed by atoms with E-state index in [0.29, 0.717) is 0 Å². The number of aromatic nitrogens is 4. The zero-order valence-corrected chi connectivity index (χ0v) is 19.6. The number of benzene rings is 2. The summed E-state index contributed by atoms with van der Waals surface area (Å²) in [5.74, 6) is 0.